The average Bonchev–Trinajstić information content (AvgIpc) is 2.94. The second-order valence-electron chi connectivity index (χ2n) is 5.38. The smallest absolute Gasteiger partial charge is 0.282 e. The fourth-order valence-corrected chi connectivity index (χ4v) is 2.93. The second-order valence-corrected chi connectivity index (χ2v) is 6.23. The average molecular weight is 377 g/mol. The predicted molar refractivity (Wildman–Crippen MR) is 98.4 cm³/mol. The minimum absolute atomic E-state index is 0.0567. The van der Waals surface area contributed by atoms with Gasteiger partial charge in [0.05, 0.1) is 23.5 Å². The van der Waals surface area contributed by atoms with Gasteiger partial charge in [0.15, 0.2) is 5.78 Å². The summed E-state index contributed by atoms with van der Waals surface area (Å²) in [5.41, 5.74) is 1.04. The number of rotatable bonds is 4. The Morgan fingerprint density at radius 3 is 2.40 bits per heavy atom. The van der Waals surface area contributed by atoms with Gasteiger partial charge in [0, 0.05) is 10.6 Å². The Labute approximate surface area is 153 Å². The van der Waals surface area contributed by atoms with Crippen LogP contribution in [0.2, 0.25) is 10.0 Å². The molecule has 0 unspecified atom stereocenters. The maximum Gasteiger partial charge on any atom is 0.282 e. The fraction of sp³-hybridized carbons (Fsp3) is 0.111. The number of hydrogen-bond donors (Lipinski definition) is 1. The molecule has 0 fully saturated rings. The van der Waals surface area contributed by atoms with Gasteiger partial charge in [-0.1, -0.05) is 23.2 Å². The van der Waals surface area contributed by atoms with Gasteiger partial charge in [-0.25, -0.2) is 4.68 Å². The van der Waals surface area contributed by atoms with Crippen LogP contribution in [0, 0.1) is 0 Å². The van der Waals surface area contributed by atoms with Crippen LogP contribution in [0.15, 0.2) is 47.3 Å². The molecule has 1 aromatic heterocycles. The first-order chi connectivity index (χ1) is 11.9. The molecule has 7 heteroatoms. The number of nitrogens with zero attached hydrogens (tertiary/aromatic N) is 1. The van der Waals surface area contributed by atoms with Crippen molar-refractivity contribution >= 4 is 29.0 Å². The van der Waals surface area contributed by atoms with Crippen molar-refractivity contribution in [1.82, 2.24) is 9.78 Å². The summed E-state index contributed by atoms with van der Waals surface area (Å²) in [6.45, 7) is 1.35. The molecule has 3 rings (SSSR count). The zero-order chi connectivity index (χ0) is 18.1. The summed E-state index contributed by atoms with van der Waals surface area (Å²) < 4.78 is 6.36. The van der Waals surface area contributed by atoms with E-state index in [0.717, 1.165) is 0 Å². The fourth-order valence-electron chi connectivity index (χ4n) is 2.56. The molecule has 1 heterocycles. The van der Waals surface area contributed by atoms with Crippen LogP contribution in [0.5, 0.6) is 5.75 Å². The van der Waals surface area contributed by atoms with Crippen molar-refractivity contribution in [3.05, 3.63) is 68.4 Å². The summed E-state index contributed by atoms with van der Waals surface area (Å²) in [5, 5.41) is 3.73. The number of carbonyl (C=O) groups is 1. The molecule has 0 aliphatic rings. The number of aromatic nitrogens is 2. The van der Waals surface area contributed by atoms with E-state index >= 15 is 0 Å². The van der Waals surface area contributed by atoms with Crippen LogP contribution in [-0.2, 0) is 0 Å². The highest BCUT2D eigenvalue weighted by atomic mass is 35.5. The number of benzene rings is 2. The molecule has 0 saturated heterocycles. The molecule has 0 bridgehead atoms. The number of Topliss-reactive ketones (excluding diaryl/α,β-unsaturated/α-hetero) is 1. The molecule has 3 aromatic rings. The standard InChI is InChI=1S/C18H14Cl2N2O3/c1-10(23)16-17(11-3-6-13(25-2)7-4-11)21-22(18(16)24)15-9-12(19)5-8-14(15)20/h3-9,21H,1-2H3. The third-order valence-corrected chi connectivity index (χ3v) is 4.33. The minimum Gasteiger partial charge on any atom is -0.497 e. The number of methoxy groups -OCH3 is 1. The van der Waals surface area contributed by atoms with Gasteiger partial charge in [-0.3, -0.25) is 14.7 Å². The highest BCUT2D eigenvalue weighted by molar-refractivity contribution is 6.34. The zero-order valence-corrected chi connectivity index (χ0v) is 15.0. The Morgan fingerprint density at radius 2 is 1.80 bits per heavy atom. The number of carbonyl (C=O) groups excluding carboxylic acids is 1. The minimum atomic E-state index is -0.484. The van der Waals surface area contributed by atoms with Crippen molar-refractivity contribution in [1.29, 1.82) is 0 Å². The van der Waals surface area contributed by atoms with E-state index in [1.807, 2.05) is 0 Å². The Balaban J connectivity index is 2.24. The van der Waals surface area contributed by atoms with Crippen LogP contribution in [0.4, 0.5) is 0 Å². The molecule has 128 valence electrons. The summed E-state index contributed by atoms with van der Waals surface area (Å²) in [5.74, 6) is 0.330. The number of aromatic amines is 1. The molecule has 0 radical (unpaired) electrons. The first-order valence-corrected chi connectivity index (χ1v) is 8.13. The van der Waals surface area contributed by atoms with Crippen LogP contribution in [0.3, 0.4) is 0 Å². The first kappa shape index (κ1) is 17.3. The Hall–Kier alpha value is -2.50. The van der Waals surface area contributed by atoms with E-state index in [1.54, 1.807) is 49.6 Å². The molecule has 5 nitrogen and oxygen atoms in total. The van der Waals surface area contributed by atoms with E-state index in [4.69, 9.17) is 27.9 Å². The monoisotopic (exact) mass is 376 g/mol. The lowest BCUT2D eigenvalue weighted by Gasteiger charge is -2.06. The van der Waals surface area contributed by atoms with Crippen molar-refractivity contribution in [2.75, 3.05) is 7.11 Å². The molecule has 0 aliphatic heterocycles. The van der Waals surface area contributed by atoms with Gasteiger partial charge in [-0.2, -0.15) is 0 Å². The zero-order valence-electron chi connectivity index (χ0n) is 13.5. The van der Waals surface area contributed by atoms with Crippen molar-refractivity contribution in [3.8, 4) is 22.7 Å². The topological polar surface area (TPSA) is 64.1 Å². The normalized spacial score (nSPS) is 10.7. The molecule has 0 spiro atoms. The van der Waals surface area contributed by atoms with E-state index in [1.165, 1.54) is 11.6 Å². The van der Waals surface area contributed by atoms with Crippen LogP contribution in [0.25, 0.3) is 16.9 Å². The summed E-state index contributed by atoms with van der Waals surface area (Å²) >= 11 is 12.2. The molecule has 0 atom stereocenters. The molecular formula is C18H14Cl2N2O3. The van der Waals surface area contributed by atoms with Crippen LogP contribution in [0.1, 0.15) is 17.3 Å². The van der Waals surface area contributed by atoms with Gasteiger partial charge in [0.2, 0.25) is 0 Å². The quantitative estimate of drug-likeness (QED) is 0.688. The Kier molecular flexibility index (Phi) is 4.70. The molecule has 25 heavy (non-hydrogen) atoms. The molecule has 0 saturated carbocycles. The second kappa shape index (κ2) is 6.78. The van der Waals surface area contributed by atoms with Crippen LogP contribution < -0.4 is 10.3 Å². The van der Waals surface area contributed by atoms with Crippen molar-refractivity contribution in [3.63, 3.8) is 0 Å². The van der Waals surface area contributed by atoms with Gasteiger partial charge >= 0.3 is 0 Å². The highest BCUT2D eigenvalue weighted by Crippen LogP contribution is 2.27. The lowest BCUT2D eigenvalue weighted by atomic mass is 10.1. The number of ketones is 1. The first-order valence-electron chi connectivity index (χ1n) is 7.38. The van der Waals surface area contributed by atoms with Gasteiger partial charge in [0.25, 0.3) is 5.56 Å². The van der Waals surface area contributed by atoms with Crippen LogP contribution >= 0.6 is 23.2 Å². The third-order valence-electron chi connectivity index (χ3n) is 3.77. The third kappa shape index (κ3) is 3.21. The van der Waals surface area contributed by atoms with Gasteiger partial charge in [-0.05, 0) is 49.4 Å². The van der Waals surface area contributed by atoms with E-state index < -0.39 is 5.56 Å². The molecule has 0 amide bonds. The highest BCUT2D eigenvalue weighted by Gasteiger charge is 2.21. The lowest BCUT2D eigenvalue weighted by molar-refractivity contribution is 0.101. The van der Waals surface area contributed by atoms with E-state index in [2.05, 4.69) is 5.10 Å². The Morgan fingerprint density at radius 1 is 1.12 bits per heavy atom. The molecule has 2 aromatic carbocycles. The molecular weight excluding hydrogens is 363 g/mol. The number of ether oxygens (including phenoxy) is 1. The summed E-state index contributed by atoms with van der Waals surface area (Å²) in [7, 11) is 1.56. The molecule has 0 aliphatic carbocycles. The van der Waals surface area contributed by atoms with Gasteiger partial charge in [0.1, 0.15) is 11.3 Å². The number of halogens is 2. The van der Waals surface area contributed by atoms with Gasteiger partial charge < -0.3 is 4.74 Å². The van der Waals surface area contributed by atoms with Gasteiger partial charge in [-0.15, -0.1) is 0 Å². The number of nitrogens with one attached hydrogen (secondary N) is 1. The predicted octanol–water partition coefficient (Wildman–Crippen LogP) is 4.35. The van der Waals surface area contributed by atoms with E-state index in [-0.39, 0.29) is 11.3 Å². The number of hydrogen-bond acceptors (Lipinski definition) is 3. The van der Waals surface area contributed by atoms with E-state index in [9.17, 15) is 9.59 Å². The van der Waals surface area contributed by atoms with Crippen molar-refractivity contribution < 1.29 is 9.53 Å². The van der Waals surface area contributed by atoms with E-state index in [0.29, 0.717) is 32.7 Å². The lowest BCUT2D eigenvalue weighted by Crippen LogP contribution is -2.19. The maximum atomic E-state index is 12.8. The maximum absolute atomic E-state index is 12.8. The molecule has 1 N–H and O–H groups in total. The summed E-state index contributed by atoms with van der Waals surface area (Å²) in [4.78, 5) is 24.8. The van der Waals surface area contributed by atoms with Crippen molar-refractivity contribution in [2.24, 2.45) is 0 Å². The largest absolute Gasteiger partial charge is 0.497 e. The summed E-state index contributed by atoms with van der Waals surface area (Å²) in [6.07, 6.45) is 0. The number of H-pyrrole nitrogens is 1. The SMILES string of the molecule is COc1ccc(-c2[nH]n(-c3cc(Cl)ccc3Cl)c(=O)c2C(C)=O)cc1. The van der Waals surface area contributed by atoms with Crippen molar-refractivity contribution in [2.45, 2.75) is 6.92 Å². The Bertz CT molecular complexity index is 1000. The summed E-state index contributed by atoms with van der Waals surface area (Å²) in [6, 6.07) is 11.8. The van der Waals surface area contributed by atoms with Crippen LogP contribution in [-0.4, -0.2) is 22.7 Å².